The first-order chi connectivity index (χ1) is 14.3. The van der Waals surface area contributed by atoms with Gasteiger partial charge in [0, 0.05) is 30.0 Å². The molecular formula is C22H22BrN3O4. The molecule has 30 heavy (non-hydrogen) atoms. The van der Waals surface area contributed by atoms with E-state index in [2.05, 4.69) is 21.2 Å². The predicted octanol–water partition coefficient (Wildman–Crippen LogP) is 2.97. The monoisotopic (exact) mass is 471 g/mol. The third-order valence-electron chi connectivity index (χ3n) is 5.87. The number of esters is 1. The van der Waals surface area contributed by atoms with Crippen molar-refractivity contribution < 1.29 is 19.1 Å². The Kier molecular flexibility index (Phi) is 5.27. The van der Waals surface area contributed by atoms with Crippen molar-refractivity contribution in [1.29, 1.82) is 0 Å². The molecule has 2 aliphatic heterocycles. The van der Waals surface area contributed by atoms with Crippen LogP contribution in [0.25, 0.3) is 0 Å². The van der Waals surface area contributed by atoms with E-state index in [1.165, 1.54) is 7.11 Å². The number of nitrogens with zero attached hydrogens (tertiary/aromatic N) is 2. The van der Waals surface area contributed by atoms with Crippen molar-refractivity contribution in [2.75, 3.05) is 24.4 Å². The fraction of sp³-hybridized carbons (Fsp3) is 0.318. The second-order valence-corrected chi connectivity index (χ2v) is 8.51. The second kappa shape index (κ2) is 7.75. The van der Waals surface area contributed by atoms with E-state index in [1.807, 2.05) is 43.1 Å². The molecule has 0 fully saturated rings. The highest BCUT2D eigenvalue weighted by molar-refractivity contribution is 9.10. The van der Waals surface area contributed by atoms with Gasteiger partial charge in [-0.15, -0.1) is 0 Å². The number of amides is 2. The smallest absolute Gasteiger partial charge is 0.328 e. The number of nitrogens with one attached hydrogen (secondary N) is 1. The van der Waals surface area contributed by atoms with Gasteiger partial charge in [0.1, 0.15) is 12.1 Å². The van der Waals surface area contributed by atoms with E-state index in [0.29, 0.717) is 24.2 Å². The number of ether oxygens (including phenoxy) is 1. The highest BCUT2D eigenvalue weighted by atomic mass is 79.9. The number of anilines is 2. The second-order valence-electron chi connectivity index (χ2n) is 7.60. The molecule has 156 valence electrons. The van der Waals surface area contributed by atoms with E-state index in [1.54, 1.807) is 17.0 Å². The summed E-state index contributed by atoms with van der Waals surface area (Å²) in [5.74, 6) is -0.857. The molecule has 2 aromatic carbocycles. The number of hydrogen-bond donors (Lipinski definition) is 1. The molecule has 0 aromatic heterocycles. The Labute approximate surface area is 183 Å². The van der Waals surface area contributed by atoms with Crippen LogP contribution in [0.3, 0.4) is 0 Å². The fourth-order valence-electron chi connectivity index (χ4n) is 3.98. The zero-order valence-corrected chi connectivity index (χ0v) is 18.5. The lowest BCUT2D eigenvalue weighted by Crippen LogP contribution is -2.49. The average molecular weight is 472 g/mol. The molecule has 8 heteroatoms. The zero-order valence-electron chi connectivity index (χ0n) is 16.9. The minimum atomic E-state index is -0.704. The topological polar surface area (TPSA) is 79.0 Å². The van der Waals surface area contributed by atoms with E-state index in [9.17, 15) is 14.4 Å². The van der Waals surface area contributed by atoms with Crippen molar-refractivity contribution in [2.24, 2.45) is 0 Å². The maximum atomic E-state index is 13.4. The van der Waals surface area contributed by atoms with Crippen molar-refractivity contribution in [3.05, 3.63) is 57.6 Å². The Morgan fingerprint density at radius 3 is 2.67 bits per heavy atom. The minimum absolute atomic E-state index is 0.126. The van der Waals surface area contributed by atoms with Crippen LogP contribution in [-0.2, 0) is 27.3 Å². The number of hydrogen-bond acceptors (Lipinski definition) is 5. The molecule has 0 radical (unpaired) electrons. The van der Waals surface area contributed by atoms with Crippen molar-refractivity contribution in [2.45, 2.75) is 32.0 Å². The van der Waals surface area contributed by atoms with Gasteiger partial charge in [-0.05, 0) is 48.4 Å². The number of carbonyl (C=O) groups is 3. The van der Waals surface area contributed by atoms with Crippen molar-refractivity contribution in [3.8, 4) is 0 Å². The molecule has 4 rings (SSSR count). The zero-order chi connectivity index (χ0) is 21.6. The summed E-state index contributed by atoms with van der Waals surface area (Å²) in [7, 11) is 3.17. The molecule has 2 heterocycles. The molecule has 1 N–H and O–H groups in total. The summed E-state index contributed by atoms with van der Waals surface area (Å²) in [5.41, 5.74) is 3.84. The third kappa shape index (κ3) is 3.45. The number of halogens is 1. The molecule has 2 aromatic rings. The van der Waals surface area contributed by atoms with E-state index in [0.717, 1.165) is 21.3 Å². The number of likely N-dealkylation sites (N-methyl/N-ethyl adjacent to an activating group) is 1. The standard InChI is InChI=1S/C22H22BrN3O4/c1-12-20(27)24-17-9-14(5-7-18(17)25(12)2)21(28)26-11-15-8-16(23)6-4-13(15)10-19(26)22(29)30-3/h4-9,12,19H,10-11H2,1-3H3,(H,24,27). The molecule has 2 amide bonds. The van der Waals surface area contributed by atoms with Crippen LogP contribution in [-0.4, -0.2) is 48.9 Å². The van der Waals surface area contributed by atoms with Gasteiger partial charge in [-0.3, -0.25) is 9.59 Å². The van der Waals surface area contributed by atoms with Crippen molar-refractivity contribution in [1.82, 2.24) is 4.90 Å². The van der Waals surface area contributed by atoms with E-state index < -0.39 is 12.0 Å². The molecule has 2 aliphatic rings. The molecule has 0 bridgehead atoms. The van der Waals surface area contributed by atoms with Gasteiger partial charge in [0.25, 0.3) is 5.91 Å². The summed E-state index contributed by atoms with van der Waals surface area (Å²) >= 11 is 3.47. The molecule has 7 nitrogen and oxygen atoms in total. The SMILES string of the molecule is COC(=O)C1Cc2ccc(Br)cc2CN1C(=O)c1ccc2c(c1)NC(=O)C(C)N2C. The van der Waals surface area contributed by atoms with Gasteiger partial charge in [0.05, 0.1) is 18.5 Å². The lowest BCUT2D eigenvalue weighted by molar-refractivity contribution is -0.146. The van der Waals surface area contributed by atoms with Gasteiger partial charge >= 0.3 is 5.97 Å². The van der Waals surface area contributed by atoms with Crippen LogP contribution in [0.2, 0.25) is 0 Å². The molecule has 0 saturated carbocycles. The molecule has 0 aliphatic carbocycles. The third-order valence-corrected chi connectivity index (χ3v) is 6.37. The van der Waals surface area contributed by atoms with Gasteiger partial charge in [0.2, 0.25) is 5.91 Å². The molecule has 0 spiro atoms. The van der Waals surface area contributed by atoms with Crippen LogP contribution in [0, 0.1) is 0 Å². The lowest BCUT2D eigenvalue weighted by Gasteiger charge is -2.36. The molecule has 0 saturated heterocycles. The number of methoxy groups -OCH3 is 1. The van der Waals surface area contributed by atoms with Crippen LogP contribution >= 0.6 is 15.9 Å². The maximum absolute atomic E-state index is 13.4. The van der Waals surface area contributed by atoms with Gasteiger partial charge in [-0.25, -0.2) is 4.79 Å². The summed E-state index contributed by atoms with van der Waals surface area (Å²) in [5, 5.41) is 2.86. The number of fused-ring (bicyclic) bond motifs is 2. The van der Waals surface area contributed by atoms with Gasteiger partial charge in [-0.1, -0.05) is 22.0 Å². The van der Waals surface area contributed by atoms with Crippen molar-refractivity contribution >= 4 is 45.1 Å². The molecule has 2 unspecified atom stereocenters. The lowest BCUT2D eigenvalue weighted by atomic mass is 9.93. The van der Waals surface area contributed by atoms with E-state index >= 15 is 0 Å². The van der Waals surface area contributed by atoms with Gasteiger partial charge in [0.15, 0.2) is 0 Å². The first kappa shape index (κ1) is 20.4. The average Bonchev–Trinajstić information content (AvgIpc) is 2.75. The molecule has 2 atom stereocenters. The Hall–Kier alpha value is -2.87. The first-order valence-electron chi connectivity index (χ1n) is 9.64. The Morgan fingerprint density at radius 2 is 1.93 bits per heavy atom. The molecular weight excluding hydrogens is 450 g/mol. The summed E-state index contributed by atoms with van der Waals surface area (Å²) in [4.78, 5) is 41.5. The normalized spacial score (nSPS) is 20.2. The Bertz CT molecular complexity index is 1050. The van der Waals surface area contributed by atoms with Crippen LogP contribution in [0.15, 0.2) is 40.9 Å². The van der Waals surface area contributed by atoms with Crippen LogP contribution in [0.1, 0.15) is 28.4 Å². The van der Waals surface area contributed by atoms with Gasteiger partial charge in [-0.2, -0.15) is 0 Å². The van der Waals surface area contributed by atoms with E-state index in [-0.39, 0.29) is 17.9 Å². The van der Waals surface area contributed by atoms with E-state index in [4.69, 9.17) is 4.74 Å². The minimum Gasteiger partial charge on any atom is -0.467 e. The highest BCUT2D eigenvalue weighted by Gasteiger charge is 2.36. The number of carbonyl (C=O) groups excluding carboxylic acids is 3. The van der Waals surface area contributed by atoms with Crippen LogP contribution in [0.4, 0.5) is 11.4 Å². The summed E-state index contributed by atoms with van der Waals surface area (Å²) in [6.45, 7) is 2.12. The first-order valence-corrected chi connectivity index (χ1v) is 10.4. The number of benzene rings is 2. The highest BCUT2D eigenvalue weighted by Crippen LogP contribution is 2.33. The largest absolute Gasteiger partial charge is 0.467 e. The summed E-state index contributed by atoms with van der Waals surface area (Å²) in [6.07, 6.45) is 0.392. The van der Waals surface area contributed by atoms with Gasteiger partial charge < -0.3 is 19.9 Å². The quantitative estimate of drug-likeness (QED) is 0.681. The maximum Gasteiger partial charge on any atom is 0.328 e. The Balaban J connectivity index is 1.70. The summed E-state index contributed by atoms with van der Waals surface area (Å²) < 4.78 is 5.89. The fourth-order valence-corrected chi connectivity index (χ4v) is 4.39. The van der Waals surface area contributed by atoms with Crippen molar-refractivity contribution in [3.63, 3.8) is 0 Å². The Morgan fingerprint density at radius 1 is 1.17 bits per heavy atom. The number of rotatable bonds is 2. The van der Waals surface area contributed by atoms with Crippen LogP contribution in [0.5, 0.6) is 0 Å². The summed E-state index contributed by atoms with van der Waals surface area (Å²) in [6, 6.07) is 10.1. The predicted molar refractivity (Wildman–Crippen MR) is 116 cm³/mol. The van der Waals surface area contributed by atoms with Crippen LogP contribution < -0.4 is 10.2 Å².